The fourth-order valence-corrected chi connectivity index (χ4v) is 5.06. The molecule has 44 heavy (non-hydrogen) atoms. The van der Waals surface area contributed by atoms with Crippen LogP contribution in [0.15, 0.2) is 48.5 Å². The number of hydrogen-bond acceptors (Lipinski definition) is 7. The maximum absolute atomic E-state index is 13.6. The Bertz CT molecular complexity index is 1150. The average Bonchev–Trinajstić information content (AvgIpc) is 3.01. The normalized spacial score (nSPS) is 17.4. The number of benzene rings is 2. The van der Waals surface area contributed by atoms with Crippen molar-refractivity contribution >= 4 is 17.8 Å². The van der Waals surface area contributed by atoms with Gasteiger partial charge in [0.25, 0.3) is 0 Å². The van der Waals surface area contributed by atoms with Crippen molar-refractivity contribution in [1.29, 1.82) is 0 Å². The van der Waals surface area contributed by atoms with E-state index in [0.29, 0.717) is 32.1 Å². The van der Waals surface area contributed by atoms with Crippen molar-refractivity contribution in [2.24, 2.45) is 5.92 Å². The van der Waals surface area contributed by atoms with Crippen LogP contribution in [0.5, 0.6) is 5.75 Å². The number of aliphatic carboxylic acids is 2. The fraction of sp³-hybridized carbons (Fsp3) is 0.545. The number of rotatable bonds is 12. The molecule has 4 rings (SSSR count). The van der Waals surface area contributed by atoms with Crippen molar-refractivity contribution in [3.8, 4) is 5.75 Å². The first-order valence-electron chi connectivity index (χ1n) is 15.3. The number of likely N-dealkylation sites (tertiary alicyclic amines) is 1. The molecule has 2 saturated heterocycles. The summed E-state index contributed by atoms with van der Waals surface area (Å²) in [5.74, 6) is -2.53. The molecule has 2 aliphatic rings. The average molecular weight is 617 g/mol. The largest absolute Gasteiger partial charge is 0.493 e. The molecule has 242 valence electrons. The van der Waals surface area contributed by atoms with E-state index < -0.39 is 11.9 Å². The van der Waals surface area contributed by atoms with E-state index in [2.05, 4.69) is 18.7 Å². The second-order valence-electron chi connectivity index (χ2n) is 11.5. The van der Waals surface area contributed by atoms with Gasteiger partial charge >= 0.3 is 11.9 Å². The number of carbonyl (C=O) groups is 3. The standard InChI is InChI=1S/C31H43FN2O4.C2H2O4/c1-24(2)23-38-29-12-8-25(9-13-29)21-30(35)34(22-26-6-10-27(32)11-7-26)28-14-16-33(17-15-28)18-20-37-31-5-3-4-19-36-31;3-1(4)2(5)6/h6-13,24,28,31H,3-5,14-23H2,1-2H3;(H,3,4)(H,5,6). The van der Waals surface area contributed by atoms with Gasteiger partial charge in [0, 0.05) is 38.8 Å². The third-order valence-corrected chi connectivity index (χ3v) is 7.48. The SMILES string of the molecule is CC(C)COc1ccc(CC(=O)N(Cc2ccc(F)cc2)C2CCN(CCOC3CCCCO3)CC2)cc1.O=C(O)C(=O)O. The summed E-state index contributed by atoms with van der Waals surface area (Å²) in [6, 6.07) is 14.5. The minimum absolute atomic E-state index is 0.0547. The smallest absolute Gasteiger partial charge is 0.414 e. The van der Waals surface area contributed by atoms with Gasteiger partial charge in [0.05, 0.1) is 19.6 Å². The Kier molecular flexibility index (Phi) is 14.5. The quantitative estimate of drug-likeness (QED) is 0.329. The Labute approximate surface area is 258 Å². The molecule has 1 amide bonds. The summed E-state index contributed by atoms with van der Waals surface area (Å²) in [7, 11) is 0. The molecule has 10 nitrogen and oxygen atoms in total. The highest BCUT2D eigenvalue weighted by molar-refractivity contribution is 6.27. The molecule has 2 aromatic rings. The summed E-state index contributed by atoms with van der Waals surface area (Å²) >= 11 is 0. The van der Waals surface area contributed by atoms with Crippen molar-refractivity contribution < 1.29 is 43.2 Å². The first-order chi connectivity index (χ1) is 21.1. The Morgan fingerprint density at radius 3 is 2.16 bits per heavy atom. The number of amides is 1. The molecule has 0 bridgehead atoms. The molecule has 0 aromatic heterocycles. The molecule has 2 heterocycles. The lowest BCUT2D eigenvalue weighted by Gasteiger charge is -2.39. The maximum atomic E-state index is 13.6. The first kappa shape index (κ1) is 34.9. The van der Waals surface area contributed by atoms with E-state index in [-0.39, 0.29) is 24.1 Å². The molecule has 1 unspecified atom stereocenters. The van der Waals surface area contributed by atoms with Crippen LogP contribution in [-0.4, -0.2) is 89.6 Å². The number of carboxylic acid groups (broad SMARTS) is 2. The van der Waals surface area contributed by atoms with Gasteiger partial charge in [-0.05, 0) is 73.4 Å². The van der Waals surface area contributed by atoms with E-state index in [0.717, 1.165) is 68.8 Å². The van der Waals surface area contributed by atoms with Crippen LogP contribution in [0.2, 0.25) is 0 Å². The van der Waals surface area contributed by atoms with Crippen LogP contribution >= 0.6 is 0 Å². The second-order valence-corrected chi connectivity index (χ2v) is 11.5. The highest BCUT2D eigenvalue weighted by Crippen LogP contribution is 2.22. The summed E-state index contributed by atoms with van der Waals surface area (Å²) in [6.45, 7) is 9.59. The van der Waals surface area contributed by atoms with E-state index in [1.807, 2.05) is 29.2 Å². The van der Waals surface area contributed by atoms with Gasteiger partial charge in [-0.3, -0.25) is 4.79 Å². The van der Waals surface area contributed by atoms with Gasteiger partial charge in [-0.25, -0.2) is 14.0 Å². The zero-order chi connectivity index (χ0) is 31.9. The van der Waals surface area contributed by atoms with Crippen LogP contribution in [0.25, 0.3) is 0 Å². The molecule has 2 fully saturated rings. The van der Waals surface area contributed by atoms with Crippen molar-refractivity contribution in [3.05, 3.63) is 65.5 Å². The van der Waals surface area contributed by atoms with Crippen molar-refractivity contribution in [2.45, 2.75) is 71.2 Å². The lowest BCUT2D eigenvalue weighted by Crippen LogP contribution is -2.48. The van der Waals surface area contributed by atoms with Gasteiger partial charge in [-0.15, -0.1) is 0 Å². The molecule has 0 radical (unpaired) electrons. The minimum Gasteiger partial charge on any atom is -0.493 e. The molecule has 11 heteroatoms. The highest BCUT2D eigenvalue weighted by Gasteiger charge is 2.28. The Morgan fingerprint density at radius 1 is 0.955 bits per heavy atom. The lowest BCUT2D eigenvalue weighted by molar-refractivity contribution is -0.164. The monoisotopic (exact) mass is 616 g/mol. The summed E-state index contributed by atoms with van der Waals surface area (Å²) in [6.07, 6.45) is 5.38. The summed E-state index contributed by atoms with van der Waals surface area (Å²) in [5, 5.41) is 14.8. The maximum Gasteiger partial charge on any atom is 0.414 e. The van der Waals surface area contributed by atoms with Crippen LogP contribution in [0.3, 0.4) is 0 Å². The van der Waals surface area contributed by atoms with Crippen molar-refractivity contribution in [2.75, 3.05) is 39.5 Å². The molecule has 2 aliphatic heterocycles. The summed E-state index contributed by atoms with van der Waals surface area (Å²) in [4.78, 5) is 36.2. The van der Waals surface area contributed by atoms with Crippen LogP contribution in [-0.2, 0) is 36.8 Å². The third-order valence-electron chi connectivity index (χ3n) is 7.48. The summed E-state index contributed by atoms with van der Waals surface area (Å²) < 4.78 is 30.9. The Hall–Kier alpha value is -3.54. The predicted molar refractivity (Wildman–Crippen MR) is 162 cm³/mol. The molecule has 0 spiro atoms. The molecule has 2 aromatic carbocycles. The molecule has 1 atom stereocenters. The highest BCUT2D eigenvalue weighted by atomic mass is 19.1. The van der Waals surface area contributed by atoms with Gasteiger partial charge < -0.3 is 34.2 Å². The fourth-order valence-electron chi connectivity index (χ4n) is 5.06. The zero-order valence-corrected chi connectivity index (χ0v) is 25.7. The third kappa shape index (κ3) is 12.6. The van der Waals surface area contributed by atoms with Gasteiger partial charge in [0.1, 0.15) is 11.6 Å². The predicted octanol–water partition coefficient (Wildman–Crippen LogP) is 4.60. The van der Waals surface area contributed by atoms with E-state index in [4.69, 9.17) is 34.0 Å². The number of carboxylic acids is 2. The van der Waals surface area contributed by atoms with Gasteiger partial charge in [0.15, 0.2) is 6.29 Å². The lowest BCUT2D eigenvalue weighted by atomic mass is 10.0. The Morgan fingerprint density at radius 2 is 1.59 bits per heavy atom. The molecular formula is C33H45FN2O8. The van der Waals surface area contributed by atoms with Crippen molar-refractivity contribution in [3.63, 3.8) is 0 Å². The van der Waals surface area contributed by atoms with E-state index in [1.165, 1.54) is 18.6 Å². The number of ether oxygens (including phenoxy) is 3. The Balaban J connectivity index is 0.000000801. The molecular weight excluding hydrogens is 571 g/mol. The van der Waals surface area contributed by atoms with Gasteiger partial charge in [-0.2, -0.15) is 0 Å². The number of piperidine rings is 1. The van der Waals surface area contributed by atoms with Crippen LogP contribution < -0.4 is 4.74 Å². The minimum atomic E-state index is -1.82. The molecule has 2 N–H and O–H groups in total. The second kappa shape index (κ2) is 18.3. The van der Waals surface area contributed by atoms with Crippen LogP contribution in [0, 0.1) is 11.7 Å². The first-order valence-corrected chi connectivity index (χ1v) is 15.3. The number of carbonyl (C=O) groups excluding carboxylic acids is 1. The summed E-state index contributed by atoms with van der Waals surface area (Å²) in [5.41, 5.74) is 1.91. The van der Waals surface area contributed by atoms with Crippen LogP contribution in [0.4, 0.5) is 4.39 Å². The van der Waals surface area contributed by atoms with E-state index in [1.54, 1.807) is 12.1 Å². The van der Waals surface area contributed by atoms with E-state index >= 15 is 0 Å². The number of nitrogens with zero attached hydrogens (tertiary/aromatic N) is 2. The zero-order valence-electron chi connectivity index (χ0n) is 25.7. The number of halogens is 1. The topological polar surface area (TPSA) is 126 Å². The van der Waals surface area contributed by atoms with Crippen LogP contribution in [0.1, 0.15) is 57.1 Å². The van der Waals surface area contributed by atoms with Gasteiger partial charge in [-0.1, -0.05) is 38.1 Å². The molecule has 0 aliphatic carbocycles. The number of hydrogen-bond donors (Lipinski definition) is 2. The van der Waals surface area contributed by atoms with E-state index in [9.17, 15) is 9.18 Å². The van der Waals surface area contributed by atoms with Gasteiger partial charge in [0.2, 0.25) is 5.91 Å². The molecule has 0 saturated carbocycles. The van der Waals surface area contributed by atoms with Crippen molar-refractivity contribution in [1.82, 2.24) is 9.80 Å².